The van der Waals surface area contributed by atoms with E-state index in [1.54, 1.807) is 0 Å². The Kier molecular flexibility index (Phi) is 1.82. The second-order valence-corrected chi connectivity index (χ2v) is 6.08. The summed E-state index contributed by atoms with van der Waals surface area (Å²) in [5.74, 6) is 0.873. The fourth-order valence-corrected chi connectivity index (χ4v) is 4.03. The van der Waals surface area contributed by atoms with Gasteiger partial charge in [-0.1, -0.05) is 18.6 Å². The normalized spacial score (nSPS) is 32.9. The molecule has 0 heterocycles. The van der Waals surface area contributed by atoms with Gasteiger partial charge in [0, 0.05) is 5.54 Å². The summed E-state index contributed by atoms with van der Waals surface area (Å²) in [6.45, 7) is 0. The second-order valence-electron chi connectivity index (χ2n) is 6.08. The summed E-state index contributed by atoms with van der Waals surface area (Å²) >= 11 is 0. The fourth-order valence-electron chi connectivity index (χ4n) is 4.03. The van der Waals surface area contributed by atoms with Crippen molar-refractivity contribution < 1.29 is 0 Å². The molecule has 0 bridgehead atoms. The second kappa shape index (κ2) is 2.85. The molecular formula is C13H21N. The van der Waals surface area contributed by atoms with Crippen molar-refractivity contribution in [1.29, 1.82) is 0 Å². The molecule has 0 aromatic carbocycles. The highest BCUT2D eigenvalue weighted by Crippen LogP contribution is 2.61. The van der Waals surface area contributed by atoms with Crippen molar-refractivity contribution in [1.82, 2.24) is 0 Å². The lowest BCUT2D eigenvalue weighted by Crippen LogP contribution is -2.61. The monoisotopic (exact) mass is 191 g/mol. The molecule has 2 N–H and O–H groups in total. The maximum absolute atomic E-state index is 6.44. The molecule has 0 aromatic heterocycles. The van der Waals surface area contributed by atoms with E-state index in [2.05, 4.69) is 12.2 Å². The van der Waals surface area contributed by atoms with Crippen LogP contribution in [0, 0.1) is 11.3 Å². The van der Waals surface area contributed by atoms with Gasteiger partial charge in [0.2, 0.25) is 0 Å². The number of hydrogen-bond donors (Lipinski definition) is 1. The van der Waals surface area contributed by atoms with Crippen LogP contribution in [0.4, 0.5) is 0 Å². The SMILES string of the molecule is NC1(CC2CC=CC2)CC2(CCC2)C1. The highest BCUT2D eigenvalue weighted by Gasteiger charge is 2.55. The molecule has 0 aliphatic heterocycles. The lowest BCUT2D eigenvalue weighted by atomic mass is 9.47. The zero-order chi connectivity index (χ0) is 9.65. The van der Waals surface area contributed by atoms with Gasteiger partial charge < -0.3 is 5.73 Å². The largest absolute Gasteiger partial charge is 0.325 e. The van der Waals surface area contributed by atoms with Crippen LogP contribution in [0.15, 0.2) is 12.2 Å². The van der Waals surface area contributed by atoms with E-state index in [1.165, 1.54) is 51.4 Å². The van der Waals surface area contributed by atoms with Gasteiger partial charge in [-0.05, 0) is 56.3 Å². The number of allylic oxidation sites excluding steroid dienone is 2. The molecular weight excluding hydrogens is 170 g/mol. The Bertz CT molecular complexity index is 246. The maximum Gasteiger partial charge on any atom is 0.0167 e. The first-order valence-corrected chi connectivity index (χ1v) is 6.14. The van der Waals surface area contributed by atoms with Crippen LogP contribution in [-0.4, -0.2) is 5.54 Å². The standard InChI is InChI=1S/C13H21N/c14-13(8-11-4-1-2-5-11)9-12(10-13)6-3-7-12/h1-2,11H,3-10,14H2. The van der Waals surface area contributed by atoms with E-state index in [1.807, 2.05) is 0 Å². The molecule has 1 spiro atoms. The van der Waals surface area contributed by atoms with Crippen molar-refractivity contribution in [3.63, 3.8) is 0 Å². The van der Waals surface area contributed by atoms with Crippen LogP contribution in [0.1, 0.15) is 51.4 Å². The predicted molar refractivity (Wildman–Crippen MR) is 58.9 cm³/mol. The van der Waals surface area contributed by atoms with Crippen LogP contribution in [-0.2, 0) is 0 Å². The van der Waals surface area contributed by atoms with E-state index in [9.17, 15) is 0 Å². The number of rotatable bonds is 2. The van der Waals surface area contributed by atoms with Gasteiger partial charge in [-0.25, -0.2) is 0 Å². The van der Waals surface area contributed by atoms with Crippen LogP contribution in [0.25, 0.3) is 0 Å². The molecule has 0 saturated heterocycles. The summed E-state index contributed by atoms with van der Waals surface area (Å²) in [6, 6.07) is 0. The predicted octanol–water partition coefficient (Wildman–Crippen LogP) is 3.00. The smallest absolute Gasteiger partial charge is 0.0167 e. The molecule has 3 aliphatic carbocycles. The zero-order valence-electron chi connectivity index (χ0n) is 8.97. The first-order valence-electron chi connectivity index (χ1n) is 6.14. The Morgan fingerprint density at radius 3 is 2.29 bits per heavy atom. The molecule has 2 fully saturated rings. The summed E-state index contributed by atoms with van der Waals surface area (Å²) in [5, 5.41) is 0. The van der Waals surface area contributed by atoms with Crippen LogP contribution < -0.4 is 5.73 Å². The number of nitrogens with two attached hydrogens (primary N) is 1. The third-order valence-electron chi connectivity index (χ3n) is 4.67. The Balaban J connectivity index is 1.53. The van der Waals surface area contributed by atoms with E-state index in [0.717, 1.165) is 11.3 Å². The summed E-state index contributed by atoms with van der Waals surface area (Å²) in [6.07, 6.45) is 15.6. The minimum absolute atomic E-state index is 0.233. The summed E-state index contributed by atoms with van der Waals surface area (Å²) in [4.78, 5) is 0. The molecule has 78 valence electrons. The van der Waals surface area contributed by atoms with Crippen molar-refractivity contribution >= 4 is 0 Å². The Labute approximate surface area is 86.8 Å². The molecule has 0 radical (unpaired) electrons. The molecule has 3 rings (SSSR count). The molecule has 3 aliphatic rings. The van der Waals surface area contributed by atoms with E-state index >= 15 is 0 Å². The van der Waals surface area contributed by atoms with Gasteiger partial charge in [-0.15, -0.1) is 0 Å². The summed E-state index contributed by atoms with van der Waals surface area (Å²) in [5.41, 5.74) is 7.41. The molecule has 0 atom stereocenters. The third kappa shape index (κ3) is 1.33. The average Bonchev–Trinajstić information content (AvgIpc) is 2.48. The van der Waals surface area contributed by atoms with Crippen molar-refractivity contribution in [2.75, 3.05) is 0 Å². The van der Waals surface area contributed by atoms with Crippen LogP contribution in [0.2, 0.25) is 0 Å². The first-order chi connectivity index (χ1) is 6.70. The molecule has 1 heteroatoms. The van der Waals surface area contributed by atoms with E-state index in [-0.39, 0.29) is 5.54 Å². The van der Waals surface area contributed by atoms with Crippen LogP contribution >= 0.6 is 0 Å². The minimum Gasteiger partial charge on any atom is -0.325 e. The third-order valence-corrected chi connectivity index (χ3v) is 4.67. The van der Waals surface area contributed by atoms with Gasteiger partial charge >= 0.3 is 0 Å². The topological polar surface area (TPSA) is 26.0 Å². The molecule has 2 saturated carbocycles. The molecule has 14 heavy (non-hydrogen) atoms. The van der Waals surface area contributed by atoms with E-state index < -0.39 is 0 Å². The lowest BCUT2D eigenvalue weighted by molar-refractivity contribution is -0.0526. The molecule has 0 unspecified atom stereocenters. The average molecular weight is 191 g/mol. The zero-order valence-corrected chi connectivity index (χ0v) is 8.97. The number of hydrogen-bond acceptors (Lipinski definition) is 1. The van der Waals surface area contributed by atoms with Crippen molar-refractivity contribution in [3.05, 3.63) is 12.2 Å². The van der Waals surface area contributed by atoms with Gasteiger partial charge in [-0.3, -0.25) is 0 Å². The van der Waals surface area contributed by atoms with Crippen LogP contribution in [0.5, 0.6) is 0 Å². The maximum atomic E-state index is 6.44. The fraction of sp³-hybridized carbons (Fsp3) is 0.846. The van der Waals surface area contributed by atoms with Crippen molar-refractivity contribution in [3.8, 4) is 0 Å². The van der Waals surface area contributed by atoms with Gasteiger partial charge in [0.05, 0.1) is 0 Å². The molecule has 1 nitrogen and oxygen atoms in total. The Hall–Kier alpha value is -0.300. The van der Waals surface area contributed by atoms with Gasteiger partial charge in [0.1, 0.15) is 0 Å². The quantitative estimate of drug-likeness (QED) is 0.667. The highest BCUT2D eigenvalue weighted by molar-refractivity contribution is 5.12. The first kappa shape index (κ1) is 8.96. The van der Waals surface area contributed by atoms with Gasteiger partial charge in [0.15, 0.2) is 0 Å². The van der Waals surface area contributed by atoms with Gasteiger partial charge in [0.25, 0.3) is 0 Å². The van der Waals surface area contributed by atoms with E-state index in [0.29, 0.717) is 0 Å². The van der Waals surface area contributed by atoms with Crippen molar-refractivity contribution in [2.24, 2.45) is 17.1 Å². The summed E-state index contributed by atoms with van der Waals surface area (Å²) < 4.78 is 0. The minimum atomic E-state index is 0.233. The molecule has 0 amide bonds. The van der Waals surface area contributed by atoms with Crippen LogP contribution in [0.3, 0.4) is 0 Å². The highest BCUT2D eigenvalue weighted by atomic mass is 14.8. The lowest BCUT2D eigenvalue weighted by Gasteiger charge is -2.60. The Morgan fingerprint density at radius 1 is 1.14 bits per heavy atom. The Morgan fingerprint density at radius 2 is 1.79 bits per heavy atom. The molecule has 0 aromatic rings. The summed E-state index contributed by atoms with van der Waals surface area (Å²) in [7, 11) is 0. The van der Waals surface area contributed by atoms with E-state index in [4.69, 9.17) is 5.73 Å². The van der Waals surface area contributed by atoms with Crippen molar-refractivity contribution in [2.45, 2.75) is 56.9 Å². The van der Waals surface area contributed by atoms with Gasteiger partial charge in [-0.2, -0.15) is 0 Å².